The molecule has 1 aromatic carbocycles. The van der Waals surface area contributed by atoms with Gasteiger partial charge in [-0.25, -0.2) is 22.4 Å². The van der Waals surface area contributed by atoms with E-state index in [2.05, 4.69) is 30.6 Å². The molecule has 2 saturated heterocycles. The first-order valence-corrected chi connectivity index (χ1v) is 12.2. The van der Waals surface area contributed by atoms with Crippen LogP contribution in [-0.2, 0) is 11.3 Å². The van der Waals surface area contributed by atoms with Gasteiger partial charge in [0.25, 0.3) is 5.92 Å². The average molecular weight is 517 g/mol. The minimum Gasteiger partial charge on any atom is -0.479 e. The Kier molecular flexibility index (Phi) is 5.91. The molecule has 196 valence electrons. The molecule has 3 aromatic heterocycles. The zero-order valence-corrected chi connectivity index (χ0v) is 20.5. The highest BCUT2D eigenvalue weighted by Crippen LogP contribution is 2.35. The number of benzene rings is 1. The molecule has 4 aromatic rings. The Morgan fingerprint density at radius 3 is 2.68 bits per heavy atom. The van der Waals surface area contributed by atoms with E-state index in [4.69, 9.17) is 9.47 Å². The molecule has 2 aliphatic rings. The van der Waals surface area contributed by atoms with Gasteiger partial charge < -0.3 is 14.8 Å². The third kappa shape index (κ3) is 4.57. The summed E-state index contributed by atoms with van der Waals surface area (Å²) in [6.45, 7) is 3.70. The lowest BCUT2D eigenvalue weighted by molar-refractivity contribution is -0.0705. The molecular formula is C24H27F3N8O2. The van der Waals surface area contributed by atoms with Crippen molar-refractivity contribution in [3.8, 4) is 17.0 Å². The fourth-order valence-corrected chi connectivity index (χ4v) is 5.03. The summed E-state index contributed by atoms with van der Waals surface area (Å²) in [4.78, 5) is 6.96. The van der Waals surface area contributed by atoms with Crippen LogP contribution in [0.15, 0.2) is 24.4 Å². The minimum absolute atomic E-state index is 0.186. The van der Waals surface area contributed by atoms with Crippen LogP contribution in [0.3, 0.4) is 0 Å². The highest BCUT2D eigenvalue weighted by molar-refractivity contribution is 5.89. The SMILES string of the molecule is COc1nc(NC2CCN(C3COC3)CC2)nn2cc(F)c(-c3ccc4nnn(CC(C)(F)F)c4c3)c12. The first-order valence-electron chi connectivity index (χ1n) is 12.2. The van der Waals surface area contributed by atoms with E-state index in [1.165, 1.54) is 17.8 Å². The van der Waals surface area contributed by atoms with Crippen molar-refractivity contribution in [2.24, 2.45) is 0 Å². The number of nitrogens with zero attached hydrogens (tertiary/aromatic N) is 7. The maximum absolute atomic E-state index is 15.3. The fraction of sp³-hybridized carbons (Fsp3) is 0.500. The van der Waals surface area contributed by atoms with Crippen LogP contribution in [-0.4, -0.2) is 85.9 Å². The second kappa shape index (κ2) is 9.14. The van der Waals surface area contributed by atoms with Gasteiger partial charge in [-0.2, -0.15) is 4.98 Å². The number of hydrogen-bond donors (Lipinski definition) is 1. The lowest BCUT2D eigenvalue weighted by Crippen LogP contribution is -2.53. The van der Waals surface area contributed by atoms with Crippen molar-refractivity contribution in [3.05, 3.63) is 30.2 Å². The Morgan fingerprint density at radius 1 is 1.22 bits per heavy atom. The van der Waals surface area contributed by atoms with Gasteiger partial charge in [0.15, 0.2) is 5.82 Å². The number of likely N-dealkylation sites (tertiary alicyclic amines) is 1. The molecule has 0 spiro atoms. The van der Waals surface area contributed by atoms with E-state index in [0.717, 1.165) is 50.8 Å². The van der Waals surface area contributed by atoms with Gasteiger partial charge in [0.2, 0.25) is 11.8 Å². The Bertz CT molecular complexity index is 1440. The maximum Gasteiger partial charge on any atom is 0.264 e. The van der Waals surface area contributed by atoms with Crippen LogP contribution < -0.4 is 10.1 Å². The van der Waals surface area contributed by atoms with Gasteiger partial charge in [0, 0.05) is 26.1 Å². The van der Waals surface area contributed by atoms with Crippen molar-refractivity contribution < 1.29 is 22.6 Å². The summed E-state index contributed by atoms with van der Waals surface area (Å²) in [6, 6.07) is 5.58. The molecule has 0 aliphatic carbocycles. The molecule has 0 unspecified atom stereocenters. The Balaban J connectivity index is 1.31. The van der Waals surface area contributed by atoms with Crippen LogP contribution >= 0.6 is 0 Å². The number of halogens is 3. The zero-order valence-electron chi connectivity index (χ0n) is 20.5. The van der Waals surface area contributed by atoms with Crippen LogP contribution in [0.4, 0.5) is 19.1 Å². The van der Waals surface area contributed by atoms with Gasteiger partial charge >= 0.3 is 0 Å². The van der Waals surface area contributed by atoms with Crippen LogP contribution in [0.1, 0.15) is 19.8 Å². The van der Waals surface area contributed by atoms with Crippen molar-refractivity contribution in [3.63, 3.8) is 0 Å². The zero-order chi connectivity index (χ0) is 25.7. The number of aromatic nitrogens is 6. The number of anilines is 1. The minimum atomic E-state index is -2.98. The third-order valence-electron chi connectivity index (χ3n) is 6.98. The molecule has 0 bridgehead atoms. The molecule has 6 rings (SSSR count). The molecular weight excluding hydrogens is 489 g/mol. The van der Waals surface area contributed by atoms with E-state index in [1.807, 2.05) is 0 Å². The molecule has 10 nitrogen and oxygen atoms in total. The molecule has 2 fully saturated rings. The van der Waals surface area contributed by atoms with Gasteiger partial charge in [-0.1, -0.05) is 11.3 Å². The van der Waals surface area contributed by atoms with Gasteiger partial charge in [0.1, 0.15) is 17.6 Å². The Morgan fingerprint density at radius 2 is 2.00 bits per heavy atom. The number of hydrogen-bond acceptors (Lipinski definition) is 8. The van der Waals surface area contributed by atoms with E-state index in [0.29, 0.717) is 34.1 Å². The van der Waals surface area contributed by atoms with Crippen molar-refractivity contribution >= 4 is 22.5 Å². The third-order valence-corrected chi connectivity index (χ3v) is 6.98. The number of piperidine rings is 1. The predicted octanol–water partition coefficient (Wildman–Crippen LogP) is 3.22. The molecule has 37 heavy (non-hydrogen) atoms. The molecule has 13 heteroatoms. The quantitative estimate of drug-likeness (QED) is 0.400. The first-order chi connectivity index (χ1) is 17.8. The van der Waals surface area contributed by atoms with Crippen molar-refractivity contribution in [1.29, 1.82) is 0 Å². The van der Waals surface area contributed by atoms with E-state index >= 15 is 4.39 Å². The molecule has 5 heterocycles. The van der Waals surface area contributed by atoms with Crippen molar-refractivity contribution in [2.75, 3.05) is 38.7 Å². The van der Waals surface area contributed by atoms with Crippen LogP contribution in [0, 0.1) is 5.82 Å². The average Bonchev–Trinajstić information content (AvgIpc) is 3.37. The monoisotopic (exact) mass is 516 g/mol. The van der Waals surface area contributed by atoms with Crippen molar-refractivity contribution in [1.82, 2.24) is 34.5 Å². The topological polar surface area (TPSA) is 94.6 Å². The summed E-state index contributed by atoms with van der Waals surface area (Å²) in [5.74, 6) is -2.97. The number of rotatable bonds is 7. The maximum atomic E-state index is 15.3. The lowest BCUT2D eigenvalue weighted by atomic mass is 10.0. The number of nitrogens with one attached hydrogen (secondary N) is 1. The summed E-state index contributed by atoms with van der Waals surface area (Å²) in [6.07, 6.45) is 3.13. The van der Waals surface area contributed by atoms with E-state index in [-0.39, 0.29) is 17.5 Å². The first kappa shape index (κ1) is 23.9. The van der Waals surface area contributed by atoms with Gasteiger partial charge in [0.05, 0.1) is 43.6 Å². The van der Waals surface area contributed by atoms with Gasteiger partial charge in [-0.05, 0) is 30.5 Å². The molecule has 0 radical (unpaired) electrons. The summed E-state index contributed by atoms with van der Waals surface area (Å²) in [5, 5.41) is 15.6. The summed E-state index contributed by atoms with van der Waals surface area (Å²) in [7, 11) is 1.46. The van der Waals surface area contributed by atoms with Crippen LogP contribution in [0.25, 0.3) is 27.7 Å². The standard InChI is InChI=1S/C24H27F3N8O2/c1-24(26,27)13-35-19-9-14(3-4-18(19)30-32-35)20-17(25)10-34-21(20)22(36-2)29-23(31-34)28-15-5-7-33(8-6-15)16-11-37-12-16/h3-4,9-10,15-16H,5-8,11-13H2,1-2H3,(H,28,31). The normalized spacial score (nSPS) is 18.0. The van der Waals surface area contributed by atoms with E-state index in [9.17, 15) is 8.78 Å². The summed E-state index contributed by atoms with van der Waals surface area (Å²) >= 11 is 0. The summed E-state index contributed by atoms with van der Waals surface area (Å²) < 4.78 is 56.0. The highest BCUT2D eigenvalue weighted by atomic mass is 19.3. The Labute approximate surface area is 210 Å². The highest BCUT2D eigenvalue weighted by Gasteiger charge is 2.30. The van der Waals surface area contributed by atoms with Gasteiger partial charge in [-0.15, -0.1) is 10.2 Å². The van der Waals surface area contributed by atoms with Crippen molar-refractivity contribution in [2.45, 2.75) is 44.3 Å². The molecule has 0 saturated carbocycles. The van der Waals surface area contributed by atoms with E-state index in [1.54, 1.807) is 18.2 Å². The second-order valence-electron chi connectivity index (χ2n) is 9.76. The summed E-state index contributed by atoms with van der Waals surface area (Å²) in [5.41, 5.74) is 1.80. The fourth-order valence-electron chi connectivity index (χ4n) is 5.03. The lowest BCUT2D eigenvalue weighted by Gasteiger charge is -2.41. The second-order valence-corrected chi connectivity index (χ2v) is 9.76. The molecule has 2 aliphatic heterocycles. The predicted molar refractivity (Wildman–Crippen MR) is 129 cm³/mol. The smallest absolute Gasteiger partial charge is 0.264 e. The largest absolute Gasteiger partial charge is 0.479 e. The number of fused-ring (bicyclic) bond motifs is 2. The van der Waals surface area contributed by atoms with Crippen LogP contribution in [0.2, 0.25) is 0 Å². The van der Waals surface area contributed by atoms with E-state index < -0.39 is 18.3 Å². The number of alkyl halides is 2. The number of ether oxygens (including phenoxy) is 2. The van der Waals surface area contributed by atoms with Crippen LogP contribution in [0.5, 0.6) is 5.88 Å². The molecule has 0 amide bonds. The number of methoxy groups -OCH3 is 1. The molecule has 1 N–H and O–H groups in total. The molecule has 0 atom stereocenters. The van der Waals surface area contributed by atoms with Gasteiger partial charge in [-0.3, -0.25) is 4.90 Å². The Hall–Kier alpha value is -3.45.